The molecule has 0 saturated heterocycles. The molecule has 0 saturated carbocycles. The van der Waals surface area contributed by atoms with Gasteiger partial charge in [-0.05, 0) is 32.3 Å². The number of carbonyl (C=O) groups is 1. The van der Waals surface area contributed by atoms with E-state index in [1.165, 1.54) is 32.1 Å². The lowest BCUT2D eigenvalue weighted by molar-refractivity contribution is -0.113. The van der Waals surface area contributed by atoms with Crippen molar-refractivity contribution in [2.24, 2.45) is 0 Å². The maximum absolute atomic E-state index is 10.8. The number of allylic oxidation sites excluding steroid dienone is 2. The highest BCUT2D eigenvalue weighted by Crippen LogP contribution is 2.07. The summed E-state index contributed by atoms with van der Waals surface area (Å²) in [5.41, 5.74) is 0.912. The summed E-state index contributed by atoms with van der Waals surface area (Å²) < 4.78 is 0. The van der Waals surface area contributed by atoms with Crippen LogP contribution in [0.4, 0.5) is 0 Å². The molecule has 76 valence electrons. The molecule has 0 atom stereocenters. The van der Waals surface area contributed by atoms with Crippen LogP contribution in [0.2, 0.25) is 0 Å². The monoisotopic (exact) mass is 182 g/mol. The third-order valence-corrected chi connectivity index (χ3v) is 2.31. The Morgan fingerprint density at radius 1 is 1.08 bits per heavy atom. The first-order valence-corrected chi connectivity index (χ1v) is 5.36. The fourth-order valence-electron chi connectivity index (χ4n) is 1.21. The Morgan fingerprint density at radius 3 is 2.23 bits per heavy atom. The predicted octanol–water partition coefficient (Wildman–Crippen LogP) is 3.88. The van der Waals surface area contributed by atoms with Crippen LogP contribution in [0.5, 0.6) is 0 Å². The second kappa shape index (κ2) is 8.03. The van der Waals surface area contributed by atoms with Crippen molar-refractivity contribution < 1.29 is 4.79 Å². The Morgan fingerprint density at radius 2 is 1.69 bits per heavy atom. The van der Waals surface area contributed by atoms with Gasteiger partial charge in [-0.25, -0.2) is 0 Å². The summed E-state index contributed by atoms with van der Waals surface area (Å²) in [5, 5.41) is 0. The van der Waals surface area contributed by atoms with Gasteiger partial charge in [-0.2, -0.15) is 0 Å². The van der Waals surface area contributed by atoms with E-state index in [1.807, 2.05) is 6.92 Å². The molecule has 0 fully saturated rings. The fraction of sp³-hybridized carbons (Fsp3) is 0.750. The van der Waals surface area contributed by atoms with Crippen molar-refractivity contribution >= 4 is 5.78 Å². The smallest absolute Gasteiger partial charge is 0.155 e. The number of hydrogen-bond acceptors (Lipinski definition) is 1. The van der Waals surface area contributed by atoms with E-state index in [0.29, 0.717) is 0 Å². The van der Waals surface area contributed by atoms with Gasteiger partial charge in [0.05, 0.1) is 0 Å². The highest BCUT2D eigenvalue weighted by atomic mass is 16.1. The van der Waals surface area contributed by atoms with Crippen molar-refractivity contribution in [3.63, 3.8) is 0 Å². The molecule has 0 aliphatic carbocycles. The lowest BCUT2D eigenvalue weighted by atomic mass is 10.1. The summed E-state index contributed by atoms with van der Waals surface area (Å²) in [4.78, 5) is 10.8. The third kappa shape index (κ3) is 7.76. The van der Waals surface area contributed by atoms with Gasteiger partial charge < -0.3 is 0 Å². The molecule has 0 aliphatic rings. The van der Waals surface area contributed by atoms with Gasteiger partial charge in [0.2, 0.25) is 0 Å². The molecule has 0 bridgehead atoms. The van der Waals surface area contributed by atoms with E-state index < -0.39 is 0 Å². The predicted molar refractivity (Wildman–Crippen MR) is 57.8 cm³/mol. The Bertz CT molecular complexity index is 168. The van der Waals surface area contributed by atoms with E-state index in [2.05, 4.69) is 13.0 Å². The zero-order valence-corrected chi connectivity index (χ0v) is 9.23. The normalized spacial score (nSPS) is 11.8. The standard InChI is InChI=1S/C12H22O/c1-4-5-6-7-8-9-10-11(2)12(3)13/h10H,4-9H2,1-3H3/b11-10+. The highest BCUT2D eigenvalue weighted by Gasteiger charge is 1.94. The molecule has 0 spiro atoms. The van der Waals surface area contributed by atoms with Crippen LogP contribution in [-0.2, 0) is 4.79 Å². The highest BCUT2D eigenvalue weighted by molar-refractivity contribution is 5.92. The van der Waals surface area contributed by atoms with Gasteiger partial charge in [0.25, 0.3) is 0 Å². The molecule has 0 aromatic heterocycles. The van der Waals surface area contributed by atoms with Crippen LogP contribution in [0.15, 0.2) is 11.6 Å². The first-order valence-electron chi connectivity index (χ1n) is 5.36. The van der Waals surface area contributed by atoms with Gasteiger partial charge in [0.1, 0.15) is 0 Å². The number of unbranched alkanes of at least 4 members (excludes halogenated alkanes) is 5. The maximum Gasteiger partial charge on any atom is 0.155 e. The lowest BCUT2D eigenvalue weighted by Crippen LogP contribution is -1.90. The van der Waals surface area contributed by atoms with Crippen LogP contribution in [0, 0.1) is 0 Å². The van der Waals surface area contributed by atoms with Crippen molar-refractivity contribution in [2.75, 3.05) is 0 Å². The second-order valence-electron chi connectivity index (χ2n) is 3.65. The molecule has 0 amide bonds. The molecule has 0 radical (unpaired) electrons. The summed E-state index contributed by atoms with van der Waals surface area (Å²) >= 11 is 0. The quantitative estimate of drug-likeness (QED) is 0.431. The Hall–Kier alpha value is -0.590. The van der Waals surface area contributed by atoms with Gasteiger partial charge in [0.15, 0.2) is 5.78 Å². The van der Waals surface area contributed by atoms with Gasteiger partial charge in [-0.1, -0.05) is 38.7 Å². The number of Topliss-reactive ketones (excluding diaryl/α,β-unsaturated/α-hetero) is 1. The van der Waals surface area contributed by atoms with E-state index in [-0.39, 0.29) is 5.78 Å². The molecular formula is C12H22O. The van der Waals surface area contributed by atoms with Gasteiger partial charge in [0, 0.05) is 0 Å². The summed E-state index contributed by atoms with van der Waals surface area (Å²) in [6.45, 7) is 5.75. The van der Waals surface area contributed by atoms with Crippen molar-refractivity contribution in [1.29, 1.82) is 0 Å². The van der Waals surface area contributed by atoms with Gasteiger partial charge >= 0.3 is 0 Å². The zero-order chi connectivity index (χ0) is 10.1. The summed E-state index contributed by atoms with van der Waals surface area (Å²) in [6, 6.07) is 0. The Balaban J connectivity index is 3.34. The van der Waals surface area contributed by atoms with E-state index in [9.17, 15) is 4.79 Å². The number of carbonyl (C=O) groups excluding carboxylic acids is 1. The number of rotatable bonds is 7. The van der Waals surface area contributed by atoms with E-state index in [0.717, 1.165) is 12.0 Å². The molecule has 13 heavy (non-hydrogen) atoms. The minimum absolute atomic E-state index is 0.202. The van der Waals surface area contributed by atoms with Crippen molar-refractivity contribution in [1.82, 2.24) is 0 Å². The van der Waals surface area contributed by atoms with E-state index >= 15 is 0 Å². The molecule has 0 aliphatic heterocycles. The van der Waals surface area contributed by atoms with Crippen LogP contribution in [0.25, 0.3) is 0 Å². The lowest BCUT2D eigenvalue weighted by Gasteiger charge is -1.97. The van der Waals surface area contributed by atoms with Crippen LogP contribution in [-0.4, -0.2) is 5.78 Å². The second-order valence-corrected chi connectivity index (χ2v) is 3.65. The minimum Gasteiger partial charge on any atom is -0.295 e. The first kappa shape index (κ1) is 12.4. The van der Waals surface area contributed by atoms with Gasteiger partial charge in [-0.15, -0.1) is 0 Å². The largest absolute Gasteiger partial charge is 0.295 e. The van der Waals surface area contributed by atoms with Gasteiger partial charge in [-0.3, -0.25) is 4.79 Å². The average Bonchev–Trinajstić information content (AvgIpc) is 2.10. The summed E-state index contributed by atoms with van der Waals surface area (Å²) in [5.74, 6) is 0.202. The Labute approximate surface area is 82.2 Å². The van der Waals surface area contributed by atoms with E-state index in [1.54, 1.807) is 6.92 Å². The summed E-state index contributed by atoms with van der Waals surface area (Å²) in [7, 11) is 0. The first-order chi connectivity index (χ1) is 6.18. The fourth-order valence-corrected chi connectivity index (χ4v) is 1.21. The van der Waals surface area contributed by atoms with Crippen LogP contribution < -0.4 is 0 Å². The minimum atomic E-state index is 0.202. The zero-order valence-electron chi connectivity index (χ0n) is 9.23. The molecule has 0 heterocycles. The van der Waals surface area contributed by atoms with Crippen molar-refractivity contribution in [3.05, 3.63) is 11.6 Å². The molecule has 0 N–H and O–H groups in total. The summed E-state index contributed by atoms with van der Waals surface area (Å²) in [6.07, 6.45) is 9.63. The van der Waals surface area contributed by atoms with Crippen LogP contribution in [0.3, 0.4) is 0 Å². The molecule has 0 rings (SSSR count). The molecule has 1 heteroatoms. The average molecular weight is 182 g/mol. The number of hydrogen-bond donors (Lipinski definition) is 0. The Kier molecular flexibility index (Phi) is 7.66. The maximum atomic E-state index is 10.8. The van der Waals surface area contributed by atoms with E-state index in [4.69, 9.17) is 0 Å². The molecule has 0 aromatic carbocycles. The van der Waals surface area contributed by atoms with Crippen molar-refractivity contribution in [3.8, 4) is 0 Å². The van der Waals surface area contributed by atoms with Crippen LogP contribution >= 0.6 is 0 Å². The molecular weight excluding hydrogens is 160 g/mol. The SMILES string of the molecule is CCCCCCC/C=C(\C)C(C)=O. The topological polar surface area (TPSA) is 17.1 Å². The number of ketones is 1. The van der Waals surface area contributed by atoms with Crippen molar-refractivity contribution in [2.45, 2.75) is 59.3 Å². The van der Waals surface area contributed by atoms with Crippen LogP contribution in [0.1, 0.15) is 59.3 Å². The molecule has 0 aromatic rings. The molecule has 1 nitrogen and oxygen atoms in total. The third-order valence-electron chi connectivity index (χ3n) is 2.31. The molecule has 0 unspecified atom stereocenters.